The van der Waals surface area contributed by atoms with Gasteiger partial charge >= 0.3 is 5.97 Å². The number of halogens is 1. The molecule has 33 heavy (non-hydrogen) atoms. The van der Waals surface area contributed by atoms with E-state index in [1.807, 2.05) is 0 Å². The number of thiophene rings is 1. The lowest BCUT2D eigenvalue weighted by Crippen LogP contribution is -2.38. The summed E-state index contributed by atoms with van der Waals surface area (Å²) in [7, 11) is 12.6. The Morgan fingerprint density at radius 1 is 1.24 bits per heavy atom. The number of aromatic nitrogens is 3. The second kappa shape index (κ2) is 9.23. The maximum atomic E-state index is 13.1. The fourth-order valence-corrected chi connectivity index (χ4v) is 4.02. The van der Waals surface area contributed by atoms with Crippen LogP contribution in [0.4, 0.5) is 5.82 Å². The molecular weight excluding hydrogens is 461 g/mol. The molecule has 0 bridgehead atoms. The summed E-state index contributed by atoms with van der Waals surface area (Å²) in [5.41, 5.74) is -0.819. The van der Waals surface area contributed by atoms with Gasteiger partial charge in [-0.05, 0) is 29.6 Å². The van der Waals surface area contributed by atoms with Crippen molar-refractivity contribution in [2.75, 3.05) is 5.32 Å². The average molecular weight is 483 g/mol. The summed E-state index contributed by atoms with van der Waals surface area (Å²) in [5.74, 6) is -1.17. The van der Waals surface area contributed by atoms with Gasteiger partial charge in [-0.1, -0.05) is 32.4 Å². The molecule has 0 amide bonds. The van der Waals surface area contributed by atoms with Crippen LogP contribution in [0.3, 0.4) is 0 Å². The molecule has 3 aromatic heterocycles. The molecule has 0 aromatic carbocycles. The van der Waals surface area contributed by atoms with E-state index in [9.17, 15) is 14.4 Å². The predicted octanol–water partition coefficient (Wildman–Crippen LogP) is 3.15. The minimum Gasteiger partial charge on any atom is -0.481 e. The molecule has 3 heterocycles. The molecule has 12 heteroatoms. The molecule has 0 spiro atoms. The number of pyridine rings is 1. The Morgan fingerprint density at radius 3 is 2.52 bits per heavy atom. The lowest BCUT2D eigenvalue weighted by Gasteiger charge is -2.28. The third kappa shape index (κ3) is 5.59. The van der Waals surface area contributed by atoms with Gasteiger partial charge in [0.1, 0.15) is 11.5 Å². The Balaban J connectivity index is 2.08. The van der Waals surface area contributed by atoms with Crippen LogP contribution in [0.1, 0.15) is 36.9 Å². The van der Waals surface area contributed by atoms with Gasteiger partial charge in [-0.25, -0.2) is 0 Å². The lowest BCUT2D eigenvalue weighted by molar-refractivity contribution is -0.137. The SMILES string of the molecule is [B]C([B])(Nc1cc(-c2cccn(CCC(=O)O)c2=O)nn1C(=O)C(C)(C)C)c1ccc(Cl)s1. The predicted molar refractivity (Wildman–Crippen MR) is 130 cm³/mol. The highest BCUT2D eigenvalue weighted by molar-refractivity contribution is 7.16. The van der Waals surface area contributed by atoms with Gasteiger partial charge in [0, 0.05) is 29.1 Å². The van der Waals surface area contributed by atoms with E-state index in [1.54, 1.807) is 45.0 Å². The summed E-state index contributed by atoms with van der Waals surface area (Å²) in [6.07, 6.45) is 1.29. The Hall–Kier alpha value is -2.78. The second-order valence-electron chi connectivity index (χ2n) is 8.54. The summed E-state index contributed by atoms with van der Waals surface area (Å²) in [4.78, 5) is 37.5. The summed E-state index contributed by atoms with van der Waals surface area (Å²) in [6, 6.07) is 8.00. The van der Waals surface area contributed by atoms with Crippen molar-refractivity contribution in [1.82, 2.24) is 14.3 Å². The molecule has 4 radical (unpaired) electrons. The smallest absolute Gasteiger partial charge is 0.305 e. The zero-order valence-electron chi connectivity index (χ0n) is 18.3. The van der Waals surface area contributed by atoms with Gasteiger partial charge in [0.25, 0.3) is 11.5 Å². The summed E-state index contributed by atoms with van der Waals surface area (Å²) < 4.78 is 2.91. The molecule has 0 saturated heterocycles. The first-order valence-corrected chi connectivity index (χ1v) is 11.2. The van der Waals surface area contributed by atoms with Gasteiger partial charge in [0.05, 0.1) is 32.0 Å². The normalized spacial score (nSPS) is 12.0. The van der Waals surface area contributed by atoms with Crippen molar-refractivity contribution < 1.29 is 14.7 Å². The molecule has 0 saturated carbocycles. The highest BCUT2D eigenvalue weighted by Crippen LogP contribution is 2.32. The molecule has 3 aromatic rings. The van der Waals surface area contributed by atoms with E-state index in [4.69, 9.17) is 32.4 Å². The van der Waals surface area contributed by atoms with Crippen LogP contribution in [0.25, 0.3) is 11.3 Å². The molecule has 0 aliphatic heterocycles. The number of nitrogens with zero attached hydrogens (tertiary/aromatic N) is 3. The van der Waals surface area contributed by atoms with Crippen molar-refractivity contribution in [2.45, 2.75) is 39.1 Å². The first-order chi connectivity index (χ1) is 15.3. The zero-order valence-corrected chi connectivity index (χ0v) is 19.9. The van der Waals surface area contributed by atoms with Crippen molar-refractivity contribution in [2.24, 2.45) is 5.41 Å². The number of carboxylic acids is 1. The van der Waals surface area contributed by atoms with E-state index in [0.29, 0.717) is 9.21 Å². The van der Waals surface area contributed by atoms with Crippen LogP contribution in [-0.4, -0.2) is 47.0 Å². The van der Waals surface area contributed by atoms with Crippen LogP contribution < -0.4 is 10.9 Å². The minimum absolute atomic E-state index is 0.00257. The first-order valence-electron chi connectivity index (χ1n) is 9.98. The topological polar surface area (TPSA) is 106 Å². The molecule has 0 fully saturated rings. The zero-order chi connectivity index (χ0) is 24.6. The Bertz CT molecular complexity index is 1260. The Kier molecular flexibility index (Phi) is 6.95. The maximum Gasteiger partial charge on any atom is 0.305 e. The Labute approximate surface area is 202 Å². The fraction of sp³-hybridized carbons (Fsp3) is 0.333. The first kappa shape index (κ1) is 24.9. The largest absolute Gasteiger partial charge is 0.481 e. The molecule has 0 aliphatic carbocycles. The molecule has 0 unspecified atom stereocenters. The van der Waals surface area contributed by atoms with Crippen molar-refractivity contribution in [3.8, 4) is 11.3 Å². The van der Waals surface area contributed by atoms with Gasteiger partial charge < -0.3 is 15.0 Å². The number of carbonyl (C=O) groups excluding carboxylic acids is 1. The maximum absolute atomic E-state index is 13.1. The number of aliphatic carboxylic acids is 1. The summed E-state index contributed by atoms with van der Waals surface area (Å²) in [5, 5.41) is 14.7. The van der Waals surface area contributed by atoms with Crippen LogP contribution in [0.2, 0.25) is 4.34 Å². The standard InChI is InChI=1S/C21H21B2ClN4O4S/c1-20(2,3)19(32)28-16(25-21(22,23)14-6-7-15(24)33-14)11-13(26-28)12-5-4-9-27(18(12)31)10-8-17(29)30/h4-7,9,11,25H,8,10H2,1-3H3,(H,29,30). The van der Waals surface area contributed by atoms with Crippen LogP contribution in [0.5, 0.6) is 0 Å². The number of carbonyl (C=O) groups is 2. The number of hydrogen-bond donors (Lipinski definition) is 2. The van der Waals surface area contributed by atoms with E-state index in [0.717, 1.165) is 4.68 Å². The van der Waals surface area contributed by atoms with Crippen LogP contribution in [0, 0.1) is 5.41 Å². The Morgan fingerprint density at radius 2 is 1.94 bits per heavy atom. The van der Waals surface area contributed by atoms with Crippen molar-refractivity contribution in [1.29, 1.82) is 0 Å². The van der Waals surface area contributed by atoms with Gasteiger partial charge in [-0.2, -0.15) is 9.78 Å². The summed E-state index contributed by atoms with van der Waals surface area (Å²) >= 11 is 7.19. The number of aryl methyl sites for hydroxylation is 1. The molecule has 2 N–H and O–H groups in total. The minimum atomic E-state index is -1.57. The quantitative estimate of drug-likeness (QED) is 0.501. The van der Waals surface area contributed by atoms with E-state index in [-0.39, 0.29) is 35.9 Å². The molecular formula is C21H21B2ClN4O4S. The third-order valence-electron chi connectivity index (χ3n) is 4.72. The molecule has 0 atom stereocenters. The third-order valence-corrected chi connectivity index (χ3v) is 6.10. The number of nitrogens with one attached hydrogen (secondary N) is 1. The molecule has 8 nitrogen and oxygen atoms in total. The molecule has 168 valence electrons. The monoisotopic (exact) mass is 482 g/mol. The molecule has 3 rings (SSSR count). The summed E-state index contributed by atoms with van der Waals surface area (Å²) in [6.45, 7) is 5.21. The van der Waals surface area contributed by atoms with Gasteiger partial charge in [-0.3, -0.25) is 14.4 Å². The van der Waals surface area contributed by atoms with Crippen molar-refractivity contribution >= 4 is 56.3 Å². The van der Waals surface area contributed by atoms with Crippen LogP contribution in [0.15, 0.2) is 41.3 Å². The van der Waals surface area contributed by atoms with Gasteiger partial charge in [-0.15, -0.1) is 11.3 Å². The molecule has 0 aliphatic rings. The highest BCUT2D eigenvalue weighted by atomic mass is 35.5. The van der Waals surface area contributed by atoms with Crippen molar-refractivity contribution in [3.05, 3.63) is 56.1 Å². The van der Waals surface area contributed by atoms with Crippen molar-refractivity contribution in [3.63, 3.8) is 0 Å². The second-order valence-corrected chi connectivity index (χ2v) is 10.3. The fourth-order valence-electron chi connectivity index (χ4n) is 3.01. The van der Waals surface area contributed by atoms with E-state index < -0.39 is 22.3 Å². The van der Waals surface area contributed by atoms with Crippen LogP contribution >= 0.6 is 22.9 Å². The van der Waals surface area contributed by atoms with Gasteiger partial charge in [0.2, 0.25) is 0 Å². The van der Waals surface area contributed by atoms with E-state index >= 15 is 0 Å². The average Bonchev–Trinajstić information content (AvgIpc) is 3.32. The number of rotatable bonds is 7. The number of carboxylic acid groups (broad SMARTS) is 1. The number of anilines is 1. The van der Waals surface area contributed by atoms with E-state index in [1.165, 1.54) is 28.2 Å². The number of hydrogen-bond acceptors (Lipinski definition) is 6. The lowest BCUT2D eigenvalue weighted by atomic mass is 9.61. The van der Waals surface area contributed by atoms with E-state index in [2.05, 4.69) is 10.4 Å². The van der Waals surface area contributed by atoms with Gasteiger partial charge in [0.15, 0.2) is 0 Å². The highest BCUT2D eigenvalue weighted by Gasteiger charge is 2.30. The van der Waals surface area contributed by atoms with Crippen LogP contribution in [-0.2, 0) is 16.7 Å².